The Morgan fingerprint density at radius 1 is 0.552 bits per heavy atom. The fourth-order valence-corrected chi connectivity index (χ4v) is 5.07. The highest BCUT2D eigenvalue weighted by molar-refractivity contribution is 8.05. The van der Waals surface area contributed by atoms with Gasteiger partial charge in [-0.15, -0.1) is 0 Å². The number of benzene rings is 3. The van der Waals surface area contributed by atoms with Crippen LogP contribution < -0.4 is 0 Å². The van der Waals surface area contributed by atoms with Crippen LogP contribution in [0.25, 0.3) is 0 Å². The highest BCUT2D eigenvalue weighted by Gasteiger charge is 2.21. The number of ketones is 1. The molecule has 0 spiro atoms. The minimum absolute atomic E-state index is 0.0148. The highest BCUT2D eigenvalue weighted by Crippen LogP contribution is 2.36. The Morgan fingerprint density at radius 3 is 1.59 bits per heavy atom. The van der Waals surface area contributed by atoms with Crippen molar-refractivity contribution < 1.29 is 4.79 Å². The minimum Gasteiger partial charge on any atom is -0.289 e. The molecule has 0 amide bonds. The molecule has 2 nitrogen and oxygen atoms in total. The van der Waals surface area contributed by atoms with Crippen molar-refractivity contribution in [2.24, 2.45) is 4.40 Å². The SMILES string of the molecule is O=C1C=C(Sc2ccccc2)C(=NSc2ccccc2)C=C1Sc1ccccc1. The van der Waals surface area contributed by atoms with E-state index in [-0.39, 0.29) is 5.78 Å². The van der Waals surface area contributed by atoms with Crippen LogP contribution in [0.1, 0.15) is 0 Å². The molecule has 3 aromatic rings. The molecule has 1 aliphatic rings. The summed E-state index contributed by atoms with van der Waals surface area (Å²) in [5.74, 6) is 0.0148. The van der Waals surface area contributed by atoms with E-state index in [0.717, 1.165) is 25.3 Å². The first-order valence-electron chi connectivity index (χ1n) is 9.02. The first kappa shape index (κ1) is 19.8. The second-order valence-corrected chi connectivity index (χ2v) is 9.16. The molecule has 29 heavy (non-hydrogen) atoms. The summed E-state index contributed by atoms with van der Waals surface area (Å²) >= 11 is 4.46. The molecule has 0 heterocycles. The van der Waals surface area contributed by atoms with E-state index >= 15 is 0 Å². The van der Waals surface area contributed by atoms with Crippen molar-refractivity contribution in [1.29, 1.82) is 0 Å². The molecule has 0 radical (unpaired) electrons. The van der Waals surface area contributed by atoms with Crippen LogP contribution in [0.5, 0.6) is 0 Å². The molecule has 3 aromatic carbocycles. The van der Waals surface area contributed by atoms with Crippen molar-refractivity contribution in [2.45, 2.75) is 14.7 Å². The molecule has 0 N–H and O–H groups in total. The Balaban J connectivity index is 1.63. The first-order valence-corrected chi connectivity index (χ1v) is 11.4. The zero-order valence-electron chi connectivity index (χ0n) is 15.4. The number of thioether (sulfide) groups is 2. The van der Waals surface area contributed by atoms with E-state index in [1.807, 2.05) is 97.1 Å². The van der Waals surface area contributed by atoms with Crippen LogP contribution in [-0.2, 0) is 4.79 Å². The van der Waals surface area contributed by atoms with Crippen LogP contribution in [0.2, 0.25) is 0 Å². The molecule has 0 fully saturated rings. The van der Waals surface area contributed by atoms with Gasteiger partial charge in [-0.2, -0.15) is 0 Å². The molecular formula is C24H17NOS3. The topological polar surface area (TPSA) is 29.4 Å². The summed E-state index contributed by atoms with van der Waals surface area (Å²) in [5.41, 5.74) is 0.811. The maximum Gasteiger partial charge on any atom is 0.193 e. The normalized spacial score (nSPS) is 15.2. The summed E-state index contributed by atoms with van der Waals surface area (Å²) in [6, 6.07) is 30.0. The predicted octanol–water partition coefficient (Wildman–Crippen LogP) is 7.07. The van der Waals surface area contributed by atoms with Crippen LogP contribution in [0, 0.1) is 0 Å². The lowest BCUT2D eigenvalue weighted by molar-refractivity contribution is -0.110. The molecule has 5 heteroatoms. The van der Waals surface area contributed by atoms with Gasteiger partial charge in [-0.3, -0.25) is 4.79 Å². The Kier molecular flexibility index (Phi) is 6.72. The molecule has 0 saturated carbocycles. The van der Waals surface area contributed by atoms with Crippen molar-refractivity contribution in [2.75, 3.05) is 0 Å². The average molecular weight is 432 g/mol. The third kappa shape index (κ3) is 5.54. The molecule has 0 saturated heterocycles. The fraction of sp³-hybridized carbons (Fsp3) is 0. The Morgan fingerprint density at radius 2 is 1.03 bits per heavy atom. The molecular weight excluding hydrogens is 414 g/mol. The first-order chi connectivity index (χ1) is 14.3. The van der Waals surface area contributed by atoms with Gasteiger partial charge in [0, 0.05) is 37.6 Å². The summed E-state index contributed by atoms with van der Waals surface area (Å²) in [6.07, 6.45) is 3.61. The molecule has 4 rings (SSSR count). The average Bonchev–Trinajstić information content (AvgIpc) is 2.77. The summed E-state index contributed by atoms with van der Waals surface area (Å²) < 4.78 is 4.76. The molecule has 142 valence electrons. The zero-order chi connectivity index (χ0) is 19.9. The third-order valence-corrected chi connectivity index (χ3v) is 6.83. The van der Waals surface area contributed by atoms with Crippen LogP contribution >= 0.6 is 35.5 Å². The van der Waals surface area contributed by atoms with Crippen LogP contribution in [0.15, 0.2) is 132 Å². The van der Waals surface area contributed by atoms with Gasteiger partial charge < -0.3 is 0 Å². The lowest BCUT2D eigenvalue weighted by Gasteiger charge is -2.15. The fourth-order valence-electron chi connectivity index (χ4n) is 2.58. The molecule has 0 aliphatic heterocycles. The van der Waals surface area contributed by atoms with Crippen molar-refractivity contribution in [3.05, 3.63) is 113 Å². The smallest absolute Gasteiger partial charge is 0.193 e. The predicted molar refractivity (Wildman–Crippen MR) is 126 cm³/mol. The molecule has 0 atom stereocenters. The van der Waals surface area contributed by atoms with Crippen LogP contribution in [-0.4, -0.2) is 11.5 Å². The second-order valence-electron chi connectivity index (χ2n) is 6.09. The van der Waals surface area contributed by atoms with Gasteiger partial charge in [-0.25, -0.2) is 4.40 Å². The Bertz CT molecular complexity index is 1070. The second kappa shape index (κ2) is 9.83. The molecule has 0 unspecified atom stereocenters. The summed E-state index contributed by atoms with van der Waals surface area (Å²) in [7, 11) is 0. The number of hydrogen-bond donors (Lipinski definition) is 0. The van der Waals surface area contributed by atoms with Gasteiger partial charge in [-0.05, 0) is 42.5 Å². The standard InChI is InChI=1S/C24H17NOS3/c26-22-17-23(27-18-10-4-1-5-11-18)21(25-29-20-14-8-3-9-15-20)16-24(22)28-19-12-6-2-7-13-19/h1-17H. The van der Waals surface area contributed by atoms with Gasteiger partial charge >= 0.3 is 0 Å². The number of carbonyl (C=O) groups is 1. The van der Waals surface area contributed by atoms with E-state index in [1.165, 1.54) is 23.7 Å². The summed E-state index contributed by atoms with van der Waals surface area (Å²) in [4.78, 5) is 17.5. The van der Waals surface area contributed by atoms with Gasteiger partial charge in [0.2, 0.25) is 0 Å². The van der Waals surface area contributed by atoms with Gasteiger partial charge in [0.15, 0.2) is 5.78 Å². The van der Waals surface area contributed by atoms with Gasteiger partial charge in [0.25, 0.3) is 0 Å². The lowest BCUT2D eigenvalue weighted by atomic mass is 10.1. The van der Waals surface area contributed by atoms with E-state index < -0.39 is 0 Å². The number of hydrogen-bond acceptors (Lipinski definition) is 5. The van der Waals surface area contributed by atoms with Crippen LogP contribution in [0.4, 0.5) is 0 Å². The van der Waals surface area contributed by atoms with Gasteiger partial charge in [0.1, 0.15) is 0 Å². The molecule has 0 aromatic heterocycles. The van der Waals surface area contributed by atoms with Crippen molar-refractivity contribution >= 4 is 47.0 Å². The molecule has 0 bridgehead atoms. The minimum atomic E-state index is 0.0148. The number of carbonyl (C=O) groups excluding carboxylic acids is 1. The van der Waals surface area contributed by atoms with Crippen LogP contribution in [0.3, 0.4) is 0 Å². The van der Waals surface area contributed by atoms with Gasteiger partial charge in [0.05, 0.1) is 10.6 Å². The largest absolute Gasteiger partial charge is 0.289 e. The Labute approximate surface area is 183 Å². The maximum atomic E-state index is 12.8. The number of rotatable bonds is 6. The van der Waals surface area contributed by atoms with E-state index in [9.17, 15) is 4.79 Å². The zero-order valence-corrected chi connectivity index (χ0v) is 17.8. The third-order valence-electron chi connectivity index (χ3n) is 3.96. The lowest BCUT2D eigenvalue weighted by Crippen LogP contribution is -2.10. The van der Waals surface area contributed by atoms with Gasteiger partial charge in [-0.1, -0.05) is 78.1 Å². The van der Waals surface area contributed by atoms with Crippen molar-refractivity contribution in [1.82, 2.24) is 0 Å². The highest BCUT2D eigenvalue weighted by atomic mass is 32.2. The van der Waals surface area contributed by atoms with Crippen molar-refractivity contribution in [3.63, 3.8) is 0 Å². The monoisotopic (exact) mass is 431 g/mol. The van der Waals surface area contributed by atoms with Crippen molar-refractivity contribution in [3.8, 4) is 0 Å². The number of nitrogens with zero attached hydrogens (tertiary/aromatic N) is 1. The summed E-state index contributed by atoms with van der Waals surface area (Å²) in [5, 5.41) is 0. The summed E-state index contributed by atoms with van der Waals surface area (Å²) in [6.45, 7) is 0. The Hall–Kier alpha value is -2.47. The quantitative estimate of drug-likeness (QED) is 0.308. The van der Waals surface area contributed by atoms with E-state index in [2.05, 4.69) is 0 Å². The van der Waals surface area contributed by atoms with E-state index in [0.29, 0.717) is 4.91 Å². The van der Waals surface area contributed by atoms with E-state index in [4.69, 9.17) is 4.40 Å². The van der Waals surface area contributed by atoms with E-state index in [1.54, 1.807) is 17.8 Å². The molecule has 1 aliphatic carbocycles. The number of allylic oxidation sites excluding steroid dienone is 4. The maximum absolute atomic E-state index is 12.8.